The van der Waals surface area contributed by atoms with Crippen molar-refractivity contribution in [1.29, 1.82) is 0 Å². The molecule has 1 aliphatic heterocycles. The van der Waals surface area contributed by atoms with Crippen molar-refractivity contribution in [2.24, 2.45) is 0 Å². The smallest absolute Gasteiger partial charge is 0.0738 e. The summed E-state index contributed by atoms with van der Waals surface area (Å²) in [7, 11) is 1.87. The number of aromatic nitrogens is 1. The lowest BCUT2D eigenvalue weighted by atomic mass is 10.0. The van der Waals surface area contributed by atoms with Gasteiger partial charge in [0.25, 0.3) is 0 Å². The van der Waals surface area contributed by atoms with Crippen LogP contribution in [0.5, 0.6) is 0 Å². The first-order valence-electron chi connectivity index (χ1n) is 8.47. The van der Waals surface area contributed by atoms with E-state index in [9.17, 15) is 0 Å². The van der Waals surface area contributed by atoms with Crippen LogP contribution in [0, 0.1) is 0 Å². The summed E-state index contributed by atoms with van der Waals surface area (Å²) >= 11 is 0. The molecule has 0 bridgehead atoms. The van der Waals surface area contributed by atoms with E-state index in [1.807, 2.05) is 13.1 Å². The minimum atomic E-state index is 0.137. The molecule has 0 spiro atoms. The highest BCUT2D eigenvalue weighted by Crippen LogP contribution is 2.27. The van der Waals surface area contributed by atoms with E-state index in [4.69, 9.17) is 0 Å². The fourth-order valence-electron chi connectivity index (χ4n) is 3.47. The lowest BCUT2D eigenvalue weighted by Gasteiger charge is -2.29. The van der Waals surface area contributed by atoms with Crippen LogP contribution in [0.3, 0.4) is 0 Å². The predicted molar refractivity (Wildman–Crippen MR) is 109 cm³/mol. The van der Waals surface area contributed by atoms with E-state index < -0.39 is 0 Å². The van der Waals surface area contributed by atoms with Crippen LogP contribution in [0.2, 0.25) is 0 Å². The van der Waals surface area contributed by atoms with Crippen LogP contribution >= 0.6 is 0 Å². The maximum absolute atomic E-state index is 4.36. The Bertz CT molecular complexity index is 964. The van der Waals surface area contributed by atoms with E-state index in [2.05, 4.69) is 65.5 Å². The average molecular weight is 334 g/mol. The third-order valence-electron chi connectivity index (χ3n) is 4.86. The highest BCUT2D eigenvalue weighted by molar-refractivity contribution is 5.94. The molecule has 2 aromatic rings. The van der Waals surface area contributed by atoms with Crippen LogP contribution in [0.25, 0.3) is 23.9 Å². The number of benzene rings is 1. The molecule has 0 amide bonds. The number of piperidine rings is 1. The van der Waals surface area contributed by atoms with Crippen molar-refractivity contribution in [3.8, 4) is 0 Å². The zero-order valence-electron chi connectivity index (χ0n) is 14.9. The molecular weight excluding hydrogens is 308 g/mol. The van der Waals surface area contributed by atoms with Gasteiger partial charge in [-0.25, -0.2) is 0 Å². The van der Waals surface area contributed by atoms with Gasteiger partial charge in [-0.3, -0.25) is 0 Å². The number of nitrogens with one attached hydrogen (secondary N) is 3. The van der Waals surface area contributed by atoms with E-state index >= 15 is 0 Å². The number of hydrogen-bond donors (Lipinski definition) is 3. The van der Waals surface area contributed by atoms with Gasteiger partial charge in [0.15, 0.2) is 0 Å². The fraction of sp³-hybridized carbons (Fsp3) is 0.238. The predicted octanol–water partition coefficient (Wildman–Crippen LogP) is 2.56. The van der Waals surface area contributed by atoms with Crippen molar-refractivity contribution in [3.63, 3.8) is 0 Å². The van der Waals surface area contributed by atoms with Gasteiger partial charge < -0.3 is 20.5 Å². The highest BCUT2D eigenvalue weighted by atomic mass is 15.1. The van der Waals surface area contributed by atoms with Crippen LogP contribution in [0.1, 0.15) is 18.9 Å². The van der Waals surface area contributed by atoms with E-state index in [1.165, 1.54) is 0 Å². The fourth-order valence-corrected chi connectivity index (χ4v) is 3.47. The zero-order valence-corrected chi connectivity index (χ0v) is 14.9. The van der Waals surface area contributed by atoms with Crippen LogP contribution < -0.4 is 26.6 Å². The monoisotopic (exact) mass is 334 g/mol. The Balaban J connectivity index is 2.09. The number of fused-ring (bicyclic) bond motifs is 1. The molecule has 0 radical (unpaired) electrons. The van der Waals surface area contributed by atoms with Gasteiger partial charge in [-0.2, -0.15) is 0 Å². The number of anilines is 1. The first-order chi connectivity index (χ1) is 11.9. The number of allylic oxidation sites excluding steroid dienone is 2. The Labute approximate surface area is 148 Å². The minimum absolute atomic E-state index is 0.137. The first kappa shape index (κ1) is 17.0. The third kappa shape index (κ3) is 2.95. The first-order valence-corrected chi connectivity index (χ1v) is 8.47. The lowest BCUT2D eigenvalue weighted by molar-refractivity contribution is 0.458. The molecule has 1 aliphatic rings. The summed E-state index contributed by atoms with van der Waals surface area (Å²) in [5, 5.41) is 13.9. The number of nitrogens with zero attached hydrogens (tertiary/aromatic N) is 1. The molecule has 1 aromatic heterocycles. The highest BCUT2D eigenvalue weighted by Gasteiger charge is 2.23. The van der Waals surface area contributed by atoms with Gasteiger partial charge in [0.05, 0.1) is 12.6 Å². The molecule has 4 heteroatoms. The van der Waals surface area contributed by atoms with Crippen LogP contribution in [0.4, 0.5) is 5.69 Å². The van der Waals surface area contributed by atoms with Gasteiger partial charge in [0, 0.05) is 51.3 Å². The average Bonchev–Trinajstić information content (AvgIpc) is 2.85. The molecule has 4 nitrogen and oxygen atoms in total. The Hall–Kier alpha value is -2.88. The summed E-state index contributed by atoms with van der Waals surface area (Å²) in [6.07, 6.45) is 1.88. The molecule has 130 valence electrons. The van der Waals surface area contributed by atoms with Gasteiger partial charge in [0.2, 0.25) is 0 Å². The van der Waals surface area contributed by atoms with Crippen LogP contribution in [-0.2, 0) is 0 Å². The normalized spacial score (nSPS) is 17.4. The largest absolute Gasteiger partial charge is 0.390 e. The molecule has 1 aromatic carbocycles. The van der Waals surface area contributed by atoms with Crippen LogP contribution in [0.15, 0.2) is 55.0 Å². The minimum Gasteiger partial charge on any atom is -0.390 e. The molecule has 3 rings (SSSR count). The summed E-state index contributed by atoms with van der Waals surface area (Å²) in [5.41, 5.74) is 3.94. The van der Waals surface area contributed by atoms with Gasteiger partial charge >= 0.3 is 0 Å². The van der Waals surface area contributed by atoms with Gasteiger partial charge in [-0.15, -0.1) is 0 Å². The topological polar surface area (TPSA) is 41.0 Å². The Morgan fingerprint density at radius 3 is 2.68 bits per heavy atom. The second-order valence-electron chi connectivity index (χ2n) is 6.51. The molecule has 25 heavy (non-hydrogen) atoms. The maximum atomic E-state index is 4.36. The second-order valence-corrected chi connectivity index (χ2v) is 6.51. The third-order valence-corrected chi connectivity index (χ3v) is 4.86. The standard InChI is InChI=1S/C21H26N4/c1-13-10-11-20(15(3)24-13)25-16(4)18-8-7-9-19(21(18)17(25)5)23-12-14(2)22-6/h7-9,20,22-24H,1-5,10-12H2,6H3. The van der Waals surface area contributed by atoms with Gasteiger partial charge in [0.1, 0.15) is 0 Å². The molecular formula is C21H26N4. The second kappa shape index (κ2) is 6.55. The quantitative estimate of drug-likeness (QED) is 0.787. The van der Waals surface area contributed by atoms with Crippen molar-refractivity contribution < 1.29 is 0 Å². The van der Waals surface area contributed by atoms with E-state index in [1.54, 1.807) is 0 Å². The summed E-state index contributed by atoms with van der Waals surface area (Å²) in [6, 6.07) is 6.34. The van der Waals surface area contributed by atoms with Crippen molar-refractivity contribution in [3.05, 3.63) is 65.7 Å². The number of rotatable bonds is 5. The molecule has 1 unspecified atom stereocenters. The Morgan fingerprint density at radius 1 is 1.24 bits per heavy atom. The van der Waals surface area contributed by atoms with Crippen molar-refractivity contribution >= 4 is 29.6 Å². The molecule has 2 heterocycles. The summed E-state index contributed by atoms with van der Waals surface area (Å²) in [6.45, 7) is 21.5. The number of likely N-dealkylation sites (N-methyl/N-ethyl adjacent to an activating group) is 1. The summed E-state index contributed by atoms with van der Waals surface area (Å²) in [5.74, 6) is 0. The maximum Gasteiger partial charge on any atom is 0.0738 e. The SMILES string of the molecule is C=C(CNc1cccc2c(=C)n(C3CCC(=C)NC3=C)c(=C)c12)NC. The summed E-state index contributed by atoms with van der Waals surface area (Å²) < 4.78 is 2.20. The van der Waals surface area contributed by atoms with Gasteiger partial charge in [-0.05, 0) is 18.9 Å². The van der Waals surface area contributed by atoms with Crippen LogP contribution in [-0.4, -0.2) is 18.2 Å². The Kier molecular flexibility index (Phi) is 4.45. The molecule has 1 saturated heterocycles. The molecule has 3 N–H and O–H groups in total. The van der Waals surface area contributed by atoms with E-state index in [-0.39, 0.29) is 6.04 Å². The zero-order chi connectivity index (χ0) is 18.1. The molecule has 0 saturated carbocycles. The summed E-state index contributed by atoms with van der Waals surface area (Å²) in [4.78, 5) is 0. The Morgan fingerprint density at radius 2 is 2.00 bits per heavy atom. The number of hydrogen-bond acceptors (Lipinski definition) is 3. The molecule has 0 aliphatic carbocycles. The van der Waals surface area contributed by atoms with Crippen molar-refractivity contribution in [2.45, 2.75) is 18.9 Å². The van der Waals surface area contributed by atoms with E-state index in [0.29, 0.717) is 6.54 Å². The lowest BCUT2D eigenvalue weighted by Crippen LogP contribution is -2.36. The molecule has 1 fully saturated rings. The van der Waals surface area contributed by atoms with Gasteiger partial charge in [-0.1, -0.05) is 45.0 Å². The van der Waals surface area contributed by atoms with E-state index in [0.717, 1.165) is 57.1 Å². The van der Waals surface area contributed by atoms with Crippen molar-refractivity contribution in [1.82, 2.24) is 15.2 Å². The van der Waals surface area contributed by atoms with Crippen molar-refractivity contribution in [2.75, 3.05) is 18.9 Å². The molecule has 1 atom stereocenters.